The Balaban J connectivity index is 1.99. The first-order chi connectivity index (χ1) is 11.6. The second-order valence-corrected chi connectivity index (χ2v) is 6.40. The first-order valence-electron chi connectivity index (χ1n) is 8.02. The second-order valence-electron chi connectivity index (χ2n) is 6.40. The molecule has 2 aliphatic carbocycles. The topological polar surface area (TPSA) is 62.2 Å². The summed E-state index contributed by atoms with van der Waals surface area (Å²) in [6, 6.07) is 6.90. The van der Waals surface area contributed by atoms with E-state index in [1.54, 1.807) is 37.5 Å². The minimum absolute atomic E-state index is 0.141. The molecule has 4 unspecified atom stereocenters. The van der Waals surface area contributed by atoms with E-state index in [4.69, 9.17) is 9.47 Å². The molecule has 2 bridgehead atoms. The maximum atomic E-state index is 10.8. The summed E-state index contributed by atoms with van der Waals surface area (Å²) in [5.74, 6) is 12.0. The Morgan fingerprint density at radius 2 is 2.08 bits per heavy atom. The molecule has 2 fully saturated rings. The van der Waals surface area contributed by atoms with Crippen LogP contribution >= 0.6 is 0 Å². The molecule has 1 aromatic rings. The summed E-state index contributed by atoms with van der Waals surface area (Å²) in [6.07, 6.45) is 4.47. The average Bonchev–Trinajstić information content (AvgIpc) is 3.30. The molecule has 0 aromatic heterocycles. The lowest BCUT2D eigenvalue weighted by Gasteiger charge is -2.40. The highest BCUT2D eigenvalue weighted by atomic mass is 16.7. The zero-order chi connectivity index (χ0) is 16.8. The van der Waals surface area contributed by atoms with E-state index in [0.717, 1.165) is 12.0 Å². The lowest BCUT2D eigenvalue weighted by molar-refractivity contribution is -0.0456. The third kappa shape index (κ3) is 1.77. The fourth-order valence-corrected chi connectivity index (χ4v) is 4.25. The van der Waals surface area contributed by atoms with Gasteiger partial charge in [0.25, 0.3) is 0 Å². The number of aliphatic hydroxyl groups excluding tert-OH is 1. The number of hydrogen-bond donors (Lipinski definition) is 2. The molecule has 122 valence electrons. The number of phenolic OH excluding ortho intramolecular Hbond substituents is 1. The number of methoxy groups -OCH3 is 1. The average molecular weight is 322 g/mol. The van der Waals surface area contributed by atoms with Gasteiger partial charge in [-0.1, -0.05) is 35.8 Å². The van der Waals surface area contributed by atoms with Gasteiger partial charge in [0.1, 0.15) is 17.5 Å². The van der Waals surface area contributed by atoms with Crippen LogP contribution in [0.2, 0.25) is 0 Å². The van der Waals surface area contributed by atoms with Gasteiger partial charge in [-0.3, -0.25) is 0 Å². The molecule has 1 aromatic carbocycles. The summed E-state index contributed by atoms with van der Waals surface area (Å²) >= 11 is 0. The van der Waals surface area contributed by atoms with Gasteiger partial charge in [0.2, 0.25) is 0 Å². The lowest BCUT2D eigenvalue weighted by atomic mass is 9.64. The zero-order valence-electron chi connectivity index (χ0n) is 13.4. The number of rotatable bonds is 2. The van der Waals surface area contributed by atoms with Crippen molar-refractivity contribution < 1.29 is 19.7 Å². The lowest BCUT2D eigenvalue weighted by Crippen LogP contribution is -2.54. The molecule has 1 saturated carbocycles. The van der Waals surface area contributed by atoms with E-state index in [9.17, 15) is 10.2 Å². The van der Waals surface area contributed by atoms with Crippen LogP contribution in [0.15, 0.2) is 36.4 Å². The van der Waals surface area contributed by atoms with Crippen LogP contribution in [0.5, 0.6) is 5.75 Å². The number of epoxide rings is 1. The van der Waals surface area contributed by atoms with E-state index in [2.05, 4.69) is 23.7 Å². The van der Waals surface area contributed by atoms with Crippen molar-refractivity contribution in [3.63, 3.8) is 0 Å². The number of phenols is 1. The molecular weight excluding hydrogens is 304 g/mol. The Bertz CT molecular complexity index is 836. The van der Waals surface area contributed by atoms with Gasteiger partial charge in [-0.25, -0.2) is 0 Å². The van der Waals surface area contributed by atoms with Crippen molar-refractivity contribution >= 4 is 0 Å². The Kier molecular flexibility index (Phi) is 3.27. The molecule has 4 atom stereocenters. The van der Waals surface area contributed by atoms with Crippen molar-refractivity contribution in [3.8, 4) is 29.4 Å². The standard InChI is InChI=1S/C20H18O4/c1-23-18-11-5-3-2-4-10-17(22)19(13-7-12-18)20(18,24-19)15-8-6-9-16(21)14-15/h2-3,6,8-9,14,17,21-22H,7,12-13H2,1H3/b3-2-. The summed E-state index contributed by atoms with van der Waals surface area (Å²) in [5.41, 5.74) is -1.97. The van der Waals surface area contributed by atoms with Gasteiger partial charge in [-0.2, -0.15) is 0 Å². The Morgan fingerprint density at radius 3 is 2.88 bits per heavy atom. The van der Waals surface area contributed by atoms with Crippen LogP contribution in [0.25, 0.3) is 0 Å². The van der Waals surface area contributed by atoms with Crippen molar-refractivity contribution in [2.75, 3.05) is 7.11 Å². The zero-order valence-corrected chi connectivity index (χ0v) is 13.4. The van der Waals surface area contributed by atoms with Crippen LogP contribution in [0.1, 0.15) is 24.8 Å². The summed E-state index contributed by atoms with van der Waals surface area (Å²) < 4.78 is 12.2. The van der Waals surface area contributed by atoms with Crippen LogP contribution in [0.3, 0.4) is 0 Å². The van der Waals surface area contributed by atoms with Crippen molar-refractivity contribution in [2.45, 2.75) is 42.2 Å². The van der Waals surface area contributed by atoms with E-state index >= 15 is 0 Å². The van der Waals surface area contributed by atoms with Gasteiger partial charge >= 0.3 is 0 Å². The SMILES string of the molecule is COC12C#C/C=C\C#CC(O)C3(CCC1)OC23c1cccc(O)c1. The number of hydrogen-bond acceptors (Lipinski definition) is 4. The second kappa shape index (κ2) is 5.13. The van der Waals surface area contributed by atoms with Gasteiger partial charge in [-0.15, -0.1) is 0 Å². The quantitative estimate of drug-likeness (QED) is 0.644. The van der Waals surface area contributed by atoms with E-state index in [1.165, 1.54) is 0 Å². The Labute approximate surface area is 141 Å². The fraction of sp³-hybridized carbons (Fsp3) is 0.400. The summed E-state index contributed by atoms with van der Waals surface area (Å²) in [6.45, 7) is 0. The van der Waals surface area contributed by atoms with E-state index < -0.39 is 22.9 Å². The minimum atomic E-state index is -0.959. The number of benzene rings is 1. The normalized spacial score (nSPS) is 40.2. The molecule has 1 heterocycles. The molecule has 24 heavy (non-hydrogen) atoms. The van der Waals surface area contributed by atoms with Crippen molar-refractivity contribution in [1.82, 2.24) is 0 Å². The summed E-state index contributed by atoms with van der Waals surface area (Å²) in [4.78, 5) is 0. The number of aliphatic hydroxyl groups is 1. The molecule has 0 radical (unpaired) electrons. The van der Waals surface area contributed by atoms with E-state index in [1.807, 2.05) is 6.07 Å². The number of allylic oxidation sites excluding steroid dienone is 2. The molecular formula is C20H18O4. The first-order valence-corrected chi connectivity index (χ1v) is 8.02. The first kappa shape index (κ1) is 15.3. The molecule has 4 heteroatoms. The largest absolute Gasteiger partial charge is 0.508 e. The maximum absolute atomic E-state index is 10.8. The highest BCUT2D eigenvalue weighted by Gasteiger charge is 2.83. The number of aromatic hydroxyl groups is 1. The van der Waals surface area contributed by atoms with Crippen molar-refractivity contribution in [3.05, 3.63) is 42.0 Å². The molecule has 4 nitrogen and oxygen atoms in total. The molecule has 3 aliphatic rings. The van der Waals surface area contributed by atoms with E-state index in [0.29, 0.717) is 12.8 Å². The predicted molar refractivity (Wildman–Crippen MR) is 87.9 cm³/mol. The van der Waals surface area contributed by atoms with Gasteiger partial charge in [0.05, 0.1) is 0 Å². The molecule has 0 spiro atoms. The predicted octanol–water partition coefficient (Wildman–Crippen LogP) is 1.86. The van der Waals surface area contributed by atoms with Crippen LogP contribution in [0.4, 0.5) is 0 Å². The van der Waals surface area contributed by atoms with Gasteiger partial charge < -0.3 is 19.7 Å². The minimum Gasteiger partial charge on any atom is -0.508 e. The summed E-state index contributed by atoms with van der Waals surface area (Å²) in [5, 5.41) is 20.7. The molecule has 0 amide bonds. The summed E-state index contributed by atoms with van der Waals surface area (Å²) in [7, 11) is 1.62. The van der Waals surface area contributed by atoms with Gasteiger partial charge in [-0.05, 0) is 49.1 Å². The molecule has 2 N–H and O–H groups in total. The van der Waals surface area contributed by atoms with Crippen molar-refractivity contribution in [1.29, 1.82) is 0 Å². The Hall–Kier alpha value is -2.24. The van der Waals surface area contributed by atoms with Crippen LogP contribution < -0.4 is 0 Å². The molecule has 4 rings (SSSR count). The highest BCUT2D eigenvalue weighted by molar-refractivity contribution is 5.51. The molecule has 1 saturated heterocycles. The Morgan fingerprint density at radius 1 is 1.25 bits per heavy atom. The fourth-order valence-electron chi connectivity index (χ4n) is 4.25. The highest BCUT2D eigenvalue weighted by Crippen LogP contribution is 2.70. The smallest absolute Gasteiger partial charge is 0.167 e. The van der Waals surface area contributed by atoms with Crippen LogP contribution in [0, 0.1) is 23.7 Å². The monoisotopic (exact) mass is 322 g/mol. The maximum Gasteiger partial charge on any atom is 0.167 e. The third-order valence-electron chi connectivity index (χ3n) is 5.32. The number of ether oxygens (including phenoxy) is 2. The van der Waals surface area contributed by atoms with Gasteiger partial charge in [0, 0.05) is 7.11 Å². The third-order valence-corrected chi connectivity index (χ3v) is 5.32. The van der Waals surface area contributed by atoms with E-state index in [-0.39, 0.29) is 5.75 Å². The molecule has 1 aliphatic heterocycles. The van der Waals surface area contributed by atoms with Crippen LogP contribution in [-0.2, 0) is 15.1 Å². The van der Waals surface area contributed by atoms with Crippen LogP contribution in [-0.4, -0.2) is 34.6 Å². The van der Waals surface area contributed by atoms with Gasteiger partial charge in [0.15, 0.2) is 11.2 Å². The van der Waals surface area contributed by atoms with Crippen molar-refractivity contribution in [2.24, 2.45) is 0 Å².